The summed E-state index contributed by atoms with van der Waals surface area (Å²) in [5.74, 6) is 3.44. The van der Waals surface area contributed by atoms with E-state index in [-0.39, 0.29) is 17.6 Å². The fourth-order valence-electron chi connectivity index (χ4n) is 4.75. The number of hydrogen-bond acceptors (Lipinski definition) is 7. The van der Waals surface area contributed by atoms with E-state index in [1.54, 1.807) is 7.11 Å². The van der Waals surface area contributed by atoms with Gasteiger partial charge in [-0.1, -0.05) is 92.4 Å². The van der Waals surface area contributed by atoms with E-state index in [4.69, 9.17) is 22.4 Å². The summed E-state index contributed by atoms with van der Waals surface area (Å²) < 4.78 is 64.1. The maximum Gasteiger partial charge on any atom is 0.153 e. The van der Waals surface area contributed by atoms with Crippen molar-refractivity contribution in [3.63, 3.8) is 0 Å². The van der Waals surface area contributed by atoms with E-state index in [9.17, 15) is 8.42 Å². The van der Waals surface area contributed by atoms with Gasteiger partial charge in [-0.2, -0.15) is 0 Å². The number of rotatable bonds is 24. The summed E-state index contributed by atoms with van der Waals surface area (Å²) in [6.07, 6.45) is 14.1. The Morgan fingerprint density at radius 3 is 1.51 bits per heavy atom. The minimum atomic E-state index is -3.92. The van der Waals surface area contributed by atoms with Gasteiger partial charge in [0.1, 0.15) is 0 Å². The molecule has 4 unspecified atom stereocenters. The van der Waals surface area contributed by atoms with Crippen molar-refractivity contribution in [3.8, 4) is 0 Å². The molecule has 0 N–H and O–H groups in total. The third kappa shape index (κ3) is 35.8. The van der Waals surface area contributed by atoms with Crippen LogP contribution in [0.2, 0.25) is 0 Å². The van der Waals surface area contributed by atoms with Gasteiger partial charge in [0.15, 0.2) is 9.84 Å². The van der Waals surface area contributed by atoms with Gasteiger partial charge in [-0.3, -0.25) is 0 Å². The van der Waals surface area contributed by atoms with Crippen molar-refractivity contribution in [1.29, 1.82) is 0 Å². The van der Waals surface area contributed by atoms with Crippen LogP contribution in [0.1, 0.15) is 105 Å². The standard InChI is InChI=1S/C30H64NO4S.CH4O3S/c1-26(2)14-10-15-27(3)16-11-17-28(4)18-12-19-29(5)20-22-35-24-30(34-9)25-36(32,33)23-13-21-31(6,7)8;1-5(2,3)4/h26-30H,10-25H2,1-9H3;1H3,(H,2,3,4)/q+1;/p-1. The molecular formula is C31H67NO7S2. The van der Waals surface area contributed by atoms with Gasteiger partial charge in [-0.15, -0.1) is 0 Å². The topological polar surface area (TPSA) is 110 Å². The molecule has 10 heteroatoms. The summed E-state index contributed by atoms with van der Waals surface area (Å²) in [5, 5.41) is 0. The molecule has 0 rings (SSSR count). The molecular weight excluding hydrogens is 562 g/mol. The summed E-state index contributed by atoms with van der Waals surface area (Å²) in [7, 11) is 0.780. The second-order valence-corrected chi connectivity index (χ2v) is 17.5. The molecule has 0 saturated carbocycles. The molecule has 0 aromatic rings. The number of ether oxygens (including phenoxy) is 2. The number of quaternary nitrogens is 1. The van der Waals surface area contributed by atoms with E-state index in [0.29, 0.717) is 31.8 Å². The van der Waals surface area contributed by atoms with Gasteiger partial charge >= 0.3 is 0 Å². The highest BCUT2D eigenvalue weighted by Gasteiger charge is 2.20. The van der Waals surface area contributed by atoms with Crippen molar-refractivity contribution in [1.82, 2.24) is 0 Å². The number of nitrogens with zero attached hydrogens (tertiary/aromatic N) is 1. The van der Waals surface area contributed by atoms with Crippen LogP contribution >= 0.6 is 0 Å². The first-order valence-electron chi connectivity index (χ1n) is 15.8. The Morgan fingerprint density at radius 2 is 1.12 bits per heavy atom. The molecule has 0 radical (unpaired) electrons. The summed E-state index contributed by atoms with van der Waals surface area (Å²) in [4.78, 5) is 0. The highest BCUT2D eigenvalue weighted by atomic mass is 32.2. The van der Waals surface area contributed by atoms with Gasteiger partial charge in [0.25, 0.3) is 0 Å². The van der Waals surface area contributed by atoms with E-state index in [2.05, 4.69) is 55.8 Å². The lowest BCUT2D eigenvalue weighted by Crippen LogP contribution is -2.37. The predicted molar refractivity (Wildman–Crippen MR) is 172 cm³/mol. The van der Waals surface area contributed by atoms with Crippen molar-refractivity contribution in [2.45, 2.75) is 111 Å². The fraction of sp³-hybridized carbons (Fsp3) is 1.00. The van der Waals surface area contributed by atoms with E-state index in [1.165, 1.54) is 57.8 Å². The number of sulfone groups is 1. The van der Waals surface area contributed by atoms with Crippen LogP contribution in [0, 0.1) is 23.7 Å². The van der Waals surface area contributed by atoms with Gasteiger partial charge in [0.2, 0.25) is 0 Å². The predicted octanol–water partition coefficient (Wildman–Crippen LogP) is 6.16. The van der Waals surface area contributed by atoms with Crippen LogP contribution in [0.25, 0.3) is 0 Å². The Hall–Kier alpha value is -0.260. The summed E-state index contributed by atoms with van der Waals surface area (Å²) >= 11 is 0. The molecule has 0 aliphatic rings. The van der Waals surface area contributed by atoms with E-state index >= 15 is 0 Å². The molecule has 0 saturated heterocycles. The smallest absolute Gasteiger partial charge is 0.153 e. The molecule has 0 aromatic heterocycles. The lowest BCUT2D eigenvalue weighted by Gasteiger charge is -2.23. The second-order valence-electron chi connectivity index (χ2n) is 13.9. The van der Waals surface area contributed by atoms with E-state index in [1.807, 2.05) is 0 Å². The summed E-state index contributed by atoms with van der Waals surface area (Å²) in [6.45, 7) is 13.7. The monoisotopic (exact) mass is 629 g/mol. The molecule has 0 amide bonds. The number of hydrogen-bond donors (Lipinski definition) is 0. The Morgan fingerprint density at radius 1 is 0.707 bits per heavy atom. The molecule has 0 spiro atoms. The van der Waals surface area contributed by atoms with Crippen molar-refractivity contribution in [2.75, 3.05) is 65.8 Å². The maximum absolute atomic E-state index is 12.4. The molecule has 8 nitrogen and oxygen atoms in total. The number of methoxy groups -OCH3 is 1. The van der Waals surface area contributed by atoms with Crippen LogP contribution in [0.5, 0.6) is 0 Å². The molecule has 4 atom stereocenters. The van der Waals surface area contributed by atoms with Gasteiger partial charge in [0, 0.05) is 26.4 Å². The molecule has 0 aromatic carbocycles. The van der Waals surface area contributed by atoms with Crippen LogP contribution < -0.4 is 0 Å². The molecule has 0 heterocycles. The summed E-state index contributed by atoms with van der Waals surface area (Å²) in [6, 6.07) is 0. The Balaban J connectivity index is 0. The van der Waals surface area contributed by atoms with Crippen LogP contribution in [-0.2, 0) is 29.4 Å². The van der Waals surface area contributed by atoms with Gasteiger partial charge in [-0.25, -0.2) is 16.8 Å². The van der Waals surface area contributed by atoms with Crippen molar-refractivity contribution in [3.05, 3.63) is 0 Å². The van der Waals surface area contributed by atoms with E-state index < -0.39 is 20.0 Å². The third-order valence-electron chi connectivity index (χ3n) is 7.38. The van der Waals surface area contributed by atoms with Crippen LogP contribution in [-0.4, -0.2) is 97.7 Å². The molecule has 0 bridgehead atoms. The average molecular weight is 630 g/mol. The van der Waals surface area contributed by atoms with Gasteiger partial charge < -0.3 is 18.5 Å². The van der Waals surface area contributed by atoms with Crippen LogP contribution in [0.15, 0.2) is 0 Å². The molecule has 250 valence electrons. The normalized spacial score (nSPS) is 15.7. The van der Waals surface area contributed by atoms with Crippen molar-refractivity contribution >= 4 is 20.0 Å². The van der Waals surface area contributed by atoms with Crippen molar-refractivity contribution in [2.24, 2.45) is 23.7 Å². The SMILES string of the molecule is COC(COCCC(C)CCCC(C)CCCC(C)CCCC(C)C)CS(=O)(=O)CCC[N+](C)(C)C.CS(=O)(=O)[O-]. The largest absolute Gasteiger partial charge is 0.748 e. The second kappa shape index (κ2) is 23.2. The van der Waals surface area contributed by atoms with Crippen LogP contribution in [0.3, 0.4) is 0 Å². The van der Waals surface area contributed by atoms with E-state index in [0.717, 1.165) is 35.2 Å². The average Bonchev–Trinajstić information content (AvgIpc) is 2.78. The Kier molecular flexibility index (Phi) is 24.2. The highest BCUT2D eigenvalue weighted by Crippen LogP contribution is 2.22. The lowest BCUT2D eigenvalue weighted by molar-refractivity contribution is -0.870. The quantitative estimate of drug-likeness (QED) is 0.0715. The molecule has 0 aliphatic heterocycles. The van der Waals surface area contributed by atoms with Crippen molar-refractivity contribution < 1.29 is 35.3 Å². The zero-order valence-corrected chi connectivity index (χ0v) is 30.0. The van der Waals surface area contributed by atoms with Crippen LogP contribution in [0.4, 0.5) is 0 Å². The lowest BCUT2D eigenvalue weighted by atomic mass is 9.91. The minimum Gasteiger partial charge on any atom is -0.748 e. The van der Waals surface area contributed by atoms with Gasteiger partial charge in [-0.05, 0) is 30.1 Å². The molecule has 0 fully saturated rings. The first-order chi connectivity index (χ1) is 18.7. The van der Waals surface area contributed by atoms with Gasteiger partial charge in [0.05, 0.1) is 62.0 Å². The summed E-state index contributed by atoms with van der Waals surface area (Å²) in [5.41, 5.74) is 0. The first kappa shape index (κ1) is 42.9. The molecule has 41 heavy (non-hydrogen) atoms. The maximum atomic E-state index is 12.4. The highest BCUT2D eigenvalue weighted by molar-refractivity contribution is 7.91. The first-order valence-corrected chi connectivity index (χ1v) is 19.4. The zero-order chi connectivity index (χ0) is 32.1. The Bertz CT molecular complexity index is 816. The zero-order valence-electron chi connectivity index (χ0n) is 28.3. The fourth-order valence-corrected chi connectivity index (χ4v) is 6.28. The third-order valence-corrected chi connectivity index (χ3v) is 9.17. The Labute approximate surface area is 255 Å². The molecule has 0 aliphatic carbocycles. The minimum absolute atomic E-state index is 0.0464.